The van der Waals surface area contributed by atoms with Crippen LogP contribution in [0.5, 0.6) is 0 Å². The fourth-order valence-corrected chi connectivity index (χ4v) is 2.45. The number of hydrogen-bond donors (Lipinski definition) is 1. The fraction of sp³-hybridized carbons (Fsp3) is 0. The molecule has 0 aliphatic carbocycles. The molecule has 1 aromatic heterocycles. The first-order chi connectivity index (χ1) is 6.20. The van der Waals surface area contributed by atoms with Gasteiger partial charge in [-0.3, -0.25) is 0 Å². The molecule has 0 radical (unpaired) electrons. The van der Waals surface area contributed by atoms with Crippen LogP contribution in [-0.4, -0.2) is 11.1 Å². The summed E-state index contributed by atoms with van der Waals surface area (Å²) in [5.74, 6) is -0.923. The van der Waals surface area contributed by atoms with Gasteiger partial charge in [0, 0.05) is 10.8 Å². The van der Waals surface area contributed by atoms with Gasteiger partial charge in [0.1, 0.15) is 9.21 Å². The highest BCUT2D eigenvalue weighted by Gasteiger charge is 2.13. The van der Waals surface area contributed by atoms with Gasteiger partial charge in [-0.25, -0.2) is 4.79 Å². The van der Waals surface area contributed by atoms with Crippen molar-refractivity contribution in [1.29, 1.82) is 0 Å². The first-order valence-corrected chi connectivity index (χ1v) is 4.80. The van der Waals surface area contributed by atoms with E-state index in [0.717, 1.165) is 16.7 Å². The van der Waals surface area contributed by atoms with Crippen LogP contribution in [0.2, 0.25) is 4.34 Å². The summed E-state index contributed by atoms with van der Waals surface area (Å²) in [5, 5.41) is 10.4. The van der Waals surface area contributed by atoms with Gasteiger partial charge in [0.15, 0.2) is 0 Å². The molecule has 1 N–H and O–H groups in total. The zero-order valence-electron chi connectivity index (χ0n) is 6.45. The maximum atomic E-state index is 10.8. The van der Waals surface area contributed by atoms with Crippen LogP contribution < -0.4 is 0 Å². The molecule has 1 aromatic carbocycles. The molecule has 13 heavy (non-hydrogen) atoms. The highest BCUT2D eigenvalue weighted by molar-refractivity contribution is 7.19. The summed E-state index contributed by atoms with van der Waals surface area (Å²) < 4.78 is 0.535. The molecule has 1 heterocycles. The van der Waals surface area contributed by atoms with Gasteiger partial charge in [0.05, 0.1) is 0 Å². The van der Waals surface area contributed by atoms with Crippen molar-refractivity contribution in [1.82, 2.24) is 0 Å². The monoisotopic (exact) mass is 212 g/mol. The third kappa shape index (κ3) is 1.30. The van der Waals surface area contributed by atoms with Crippen LogP contribution >= 0.6 is 22.9 Å². The molecule has 4 heteroatoms. The number of thiophene rings is 1. The Morgan fingerprint density at radius 1 is 1.31 bits per heavy atom. The third-order valence-electron chi connectivity index (χ3n) is 1.77. The molecule has 0 aliphatic heterocycles. The molecule has 0 saturated carbocycles. The maximum absolute atomic E-state index is 10.8. The van der Waals surface area contributed by atoms with E-state index in [0.29, 0.717) is 14.6 Å². The molecule has 0 saturated heterocycles. The molecule has 0 unspecified atom stereocenters. The molecule has 66 valence electrons. The van der Waals surface area contributed by atoms with E-state index in [9.17, 15) is 4.79 Å². The number of benzene rings is 1. The summed E-state index contributed by atoms with van der Waals surface area (Å²) in [6.45, 7) is 0. The molecule has 0 bridgehead atoms. The predicted molar refractivity (Wildman–Crippen MR) is 53.8 cm³/mol. The smallest absolute Gasteiger partial charge is 0.346 e. The van der Waals surface area contributed by atoms with Crippen molar-refractivity contribution in [3.63, 3.8) is 0 Å². The Labute approximate surface area is 83.4 Å². The van der Waals surface area contributed by atoms with Crippen LogP contribution in [0.15, 0.2) is 24.3 Å². The van der Waals surface area contributed by atoms with Gasteiger partial charge in [-0.05, 0) is 0 Å². The highest BCUT2D eigenvalue weighted by atomic mass is 35.5. The van der Waals surface area contributed by atoms with Crippen molar-refractivity contribution in [3.8, 4) is 0 Å². The number of carboxylic acids is 1. The second-order valence-electron chi connectivity index (χ2n) is 2.56. The van der Waals surface area contributed by atoms with Gasteiger partial charge in [0.25, 0.3) is 0 Å². The van der Waals surface area contributed by atoms with Crippen molar-refractivity contribution in [2.45, 2.75) is 0 Å². The number of hydrogen-bond acceptors (Lipinski definition) is 2. The lowest BCUT2D eigenvalue weighted by molar-refractivity contribution is 0.0704. The number of aromatic carboxylic acids is 1. The van der Waals surface area contributed by atoms with Gasteiger partial charge in [0.2, 0.25) is 0 Å². The van der Waals surface area contributed by atoms with E-state index >= 15 is 0 Å². The molecule has 0 amide bonds. The Hall–Kier alpha value is -1.06. The quantitative estimate of drug-likeness (QED) is 0.788. The average Bonchev–Trinajstić information content (AvgIpc) is 2.45. The molecule has 2 nitrogen and oxygen atoms in total. The Morgan fingerprint density at radius 2 is 1.92 bits per heavy atom. The van der Waals surface area contributed by atoms with E-state index in [-0.39, 0.29) is 0 Å². The van der Waals surface area contributed by atoms with Crippen molar-refractivity contribution in [2.75, 3.05) is 0 Å². The summed E-state index contributed by atoms with van der Waals surface area (Å²) in [6, 6.07) is 7.23. The molecule has 2 rings (SSSR count). The highest BCUT2D eigenvalue weighted by Crippen LogP contribution is 2.34. The van der Waals surface area contributed by atoms with Crippen molar-refractivity contribution in [2.24, 2.45) is 0 Å². The van der Waals surface area contributed by atoms with Crippen LogP contribution in [0.1, 0.15) is 9.67 Å². The number of carboxylic acid groups (broad SMARTS) is 1. The minimum atomic E-state index is -0.923. The van der Waals surface area contributed by atoms with Gasteiger partial charge < -0.3 is 5.11 Å². The van der Waals surface area contributed by atoms with E-state index in [2.05, 4.69) is 0 Å². The first kappa shape index (κ1) is 8.53. The summed E-state index contributed by atoms with van der Waals surface area (Å²) in [4.78, 5) is 11.1. The topological polar surface area (TPSA) is 37.3 Å². The van der Waals surface area contributed by atoms with Gasteiger partial charge in [-0.15, -0.1) is 11.3 Å². The molecule has 0 spiro atoms. The molecule has 0 fully saturated rings. The number of rotatable bonds is 1. The van der Waals surface area contributed by atoms with E-state index in [4.69, 9.17) is 16.7 Å². The second-order valence-corrected chi connectivity index (χ2v) is 4.18. The summed E-state index contributed by atoms with van der Waals surface area (Å²) >= 11 is 6.98. The van der Waals surface area contributed by atoms with E-state index in [1.807, 2.05) is 12.1 Å². The largest absolute Gasteiger partial charge is 0.477 e. The van der Waals surface area contributed by atoms with E-state index < -0.39 is 5.97 Å². The van der Waals surface area contributed by atoms with Crippen molar-refractivity contribution < 1.29 is 9.90 Å². The van der Waals surface area contributed by atoms with Crippen molar-refractivity contribution >= 4 is 39.7 Å². The van der Waals surface area contributed by atoms with E-state index in [1.54, 1.807) is 12.1 Å². The summed E-state index contributed by atoms with van der Waals surface area (Å²) in [6.07, 6.45) is 0. The molecule has 2 aromatic rings. The summed E-state index contributed by atoms with van der Waals surface area (Å²) in [7, 11) is 0. The zero-order valence-corrected chi connectivity index (χ0v) is 8.02. The normalized spacial score (nSPS) is 10.5. The SMILES string of the molecule is O=C(O)c1sc(Cl)c2ccccc12. The molecular formula is C9H5ClO2S. The maximum Gasteiger partial charge on any atom is 0.346 e. The van der Waals surface area contributed by atoms with Crippen LogP contribution in [0.25, 0.3) is 10.8 Å². The number of halogens is 1. The Balaban J connectivity index is 2.85. The predicted octanol–water partition coefficient (Wildman–Crippen LogP) is 3.25. The van der Waals surface area contributed by atoms with Gasteiger partial charge in [-0.1, -0.05) is 35.9 Å². The third-order valence-corrected chi connectivity index (χ3v) is 3.20. The standard InChI is InChI=1S/C9H5ClO2S/c10-8-6-4-2-1-3-5(6)7(13-8)9(11)12/h1-4H,(H,11,12). The Kier molecular flexibility index (Phi) is 1.98. The van der Waals surface area contributed by atoms with Gasteiger partial charge >= 0.3 is 5.97 Å². The minimum Gasteiger partial charge on any atom is -0.477 e. The van der Waals surface area contributed by atoms with E-state index in [1.165, 1.54) is 0 Å². The minimum absolute atomic E-state index is 0.306. The first-order valence-electron chi connectivity index (χ1n) is 3.60. The molecular weight excluding hydrogens is 208 g/mol. The number of carbonyl (C=O) groups is 1. The van der Waals surface area contributed by atoms with Crippen LogP contribution in [0.3, 0.4) is 0 Å². The van der Waals surface area contributed by atoms with Crippen LogP contribution in [0, 0.1) is 0 Å². The van der Waals surface area contributed by atoms with Gasteiger partial charge in [-0.2, -0.15) is 0 Å². The van der Waals surface area contributed by atoms with Crippen LogP contribution in [-0.2, 0) is 0 Å². The lowest BCUT2D eigenvalue weighted by Gasteiger charge is -1.89. The van der Waals surface area contributed by atoms with Crippen molar-refractivity contribution in [3.05, 3.63) is 33.5 Å². The zero-order chi connectivity index (χ0) is 9.42. The Bertz CT molecular complexity index is 475. The lowest BCUT2D eigenvalue weighted by Crippen LogP contribution is -1.91. The average molecular weight is 213 g/mol. The lowest BCUT2D eigenvalue weighted by atomic mass is 10.2. The molecule has 0 atom stereocenters. The van der Waals surface area contributed by atoms with Crippen LogP contribution in [0.4, 0.5) is 0 Å². The Morgan fingerprint density at radius 3 is 2.54 bits per heavy atom. The summed E-state index contributed by atoms with van der Waals surface area (Å²) in [5.41, 5.74) is 0. The fourth-order valence-electron chi connectivity index (χ4n) is 1.21. The number of fused-ring (bicyclic) bond motifs is 1. The molecule has 0 aliphatic rings. The second kappa shape index (κ2) is 3.01.